The van der Waals surface area contributed by atoms with Crippen molar-refractivity contribution in [3.63, 3.8) is 0 Å². The van der Waals surface area contributed by atoms with Gasteiger partial charge in [-0.05, 0) is 45.0 Å². The van der Waals surface area contributed by atoms with Crippen LogP contribution >= 0.6 is 0 Å². The fourth-order valence-electron chi connectivity index (χ4n) is 2.72. The summed E-state index contributed by atoms with van der Waals surface area (Å²) in [5.74, 6) is -0.719. The van der Waals surface area contributed by atoms with Crippen molar-refractivity contribution in [1.82, 2.24) is 4.90 Å². The molecule has 2 amide bonds. The molecule has 0 spiro atoms. The molecule has 1 heterocycles. The highest BCUT2D eigenvalue weighted by Gasteiger charge is 2.31. The maximum atomic E-state index is 12.9. The molecule has 0 radical (unpaired) electrons. The standard InChI is InChI=1S/C18H26FN3O3/c1-18(2,3)22(17(24)13-21-8-10-25-11-9-21)12-16(23)20-15-6-4-14(19)5-7-15/h4-7H,8-13H2,1-3H3,(H,20,23)/p+1. The number of carbonyl (C=O) groups excluding carboxylic acids is 2. The Morgan fingerprint density at radius 3 is 2.36 bits per heavy atom. The van der Waals surface area contributed by atoms with Gasteiger partial charge in [0.15, 0.2) is 6.54 Å². The molecule has 0 saturated carbocycles. The summed E-state index contributed by atoms with van der Waals surface area (Å²) in [6.07, 6.45) is 0. The van der Waals surface area contributed by atoms with Gasteiger partial charge in [0.05, 0.1) is 13.2 Å². The van der Waals surface area contributed by atoms with Crippen molar-refractivity contribution >= 4 is 17.5 Å². The second-order valence-corrected chi connectivity index (χ2v) is 7.24. The number of nitrogens with zero attached hydrogens (tertiary/aromatic N) is 1. The average molecular weight is 352 g/mol. The number of quaternary nitrogens is 1. The van der Waals surface area contributed by atoms with Crippen LogP contribution in [0.2, 0.25) is 0 Å². The molecule has 7 heteroatoms. The highest BCUT2D eigenvalue weighted by molar-refractivity contribution is 5.94. The molecular weight excluding hydrogens is 325 g/mol. The normalized spacial score (nSPS) is 15.7. The van der Waals surface area contributed by atoms with E-state index in [9.17, 15) is 14.0 Å². The van der Waals surface area contributed by atoms with Crippen LogP contribution in [-0.4, -0.2) is 61.6 Å². The predicted molar refractivity (Wildman–Crippen MR) is 92.9 cm³/mol. The highest BCUT2D eigenvalue weighted by atomic mass is 19.1. The Hall–Kier alpha value is -1.99. The largest absolute Gasteiger partial charge is 0.370 e. The molecule has 25 heavy (non-hydrogen) atoms. The molecule has 0 bridgehead atoms. The Morgan fingerprint density at radius 1 is 1.20 bits per heavy atom. The molecule has 1 aliphatic rings. The Balaban J connectivity index is 1.97. The van der Waals surface area contributed by atoms with Gasteiger partial charge in [-0.25, -0.2) is 4.39 Å². The zero-order valence-corrected chi connectivity index (χ0v) is 15.1. The van der Waals surface area contributed by atoms with Crippen LogP contribution in [-0.2, 0) is 14.3 Å². The second-order valence-electron chi connectivity index (χ2n) is 7.24. The lowest BCUT2D eigenvalue weighted by Crippen LogP contribution is -3.15. The molecule has 0 aromatic heterocycles. The number of anilines is 1. The number of benzene rings is 1. The summed E-state index contributed by atoms with van der Waals surface area (Å²) in [6.45, 7) is 8.94. The van der Waals surface area contributed by atoms with Gasteiger partial charge >= 0.3 is 0 Å². The average Bonchev–Trinajstić information content (AvgIpc) is 2.54. The first-order valence-corrected chi connectivity index (χ1v) is 8.53. The second kappa shape index (κ2) is 8.40. The van der Waals surface area contributed by atoms with Crippen LogP contribution < -0.4 is 10.2 Å². The minimum Gasteiger partial charge on any atom is -0.370 e. The zero-order chi connectivity index (χ0) is 18.4. The van der Waals surface area contributed by atoms with E-state index >= 15 is 0 Å². The van der Waals surface area contributed by atoms with Crippen molar-refractivity contribution in [3.8, 4) is 0 Å². The number of rotatable bonds is 5. The molecule has 0 unspecified atom stereocenters. The van der Waals surface area contributed by atoms with Gasteiger partial charge in [-0.3, -0.25) is 9.59 Å². The number of amides is 2. The number of ether oxygens (including phenoxy) is 1. The van der Waals surface area contributed by atoms with E-state index < -0.39 is 5.54 Å². The summed E-state index contributed by atoms with van der Waals surface area (Å²) in [4.78, 5) is 27.8. The third-order valence-electron chi connectivity index (χ3n) is 4.14. The van der Waals surface area contributed by atoms with Crippen LogP contribution in [0, 0.1) is 5.82 Å². The van der Waals surface area contributed by atoms with E-state index in [1.807, 2.05) is 20.8 Å². The van der Waals surface area contributed by atoms with Gasteiger partial charge in [0.2, 0.25) is 5.91 Å². The first kappa shape index (κ1) is 19.3. The van der Waals surface area contributed by atoms with Crippen LogP contribution in [0.4, 0.5) is 10.1 Å². The van der Waals surface area contributed by atoms with E-state index in [4.69, 9.17) is 4.74 Å². The van der Waals surface area contributed by atoms with Crippen molar-refractivity contribution in [1.29, 1.82) is 0 Å². The molecule has 1 aromatic rings. The van der Waals surface area contributed by atoms with Crippen LogP contribution in [0.5, 0.6) is 0 Å². The lowest BCUT2D eigenvalue weighted by molar-refractivity contribution is -0.900. The summed E-state index contributed by atoms with van der Waals surface area (Å²) in [5, 5.41) is 2.70. The summed E-state index contributed by atoms with van der Waals surface area (Å²) in [7, 11) is 0. The number of morpholine rings is 1. The molecule has 0 atom stereocenters. The third kappa shape index (κ3) is 6.10. The summed E-state index contributed by atoms with van der Waals surface area (Å²) < 4.78 is 18.3. The molecular formula is C18H27FN3O3+. The van der Waals surface area contributed by atoms with Crippen molar-refractivity contribution in [3.05, 3.63) is 30.1 Å². The lowest BCUT2D eigenvalue weighted by atomic mass is 10.1. The fourth-order valence-corrected chi connectivity index (χ4v) is 2.72. The summed E-state index contributed by atoms with van der Waals surface area (Å²) in [5.41, 5.74) is 0.0367. The van der Waals surface area contributed by atoms with Gasteiger partial charge in [-0.2, -0.15) is 0 Å². The van der Waals surface area contributed by atoms with Gasteiger partial charge in [-0.15, -0.1) is 0 Å². The number of halogens is 1. The van der Waals surface area contributed by atoms with Crippen molar-refractivity contribution in [2.75, 3.05) is 44.7 Å². The van der Waals surface area contributed by atoms with Crippen molar-refractivity contribution < 1.29 is 23.6 Å². The zero-order valence-electron chi connectivity index (χ0n) is 15.1. The Labute approximate surface area is 147 Å². The van der Waals surface area contributed by atoms with Gasteiger partial charge in [-0.1, -0.05) is 0 Å². The molecule has 1 aliphatic heterocycles. The van der Waals surface area contributed by atoms with Crippen LogP contribution in [0.15, 0.2) is 24.3 Å². The van der Waals surface area contributed by atoms with E-state index in [-0.39, 0.29) is 24.2 Å². The Bertz CT molecular complexity index is 593. The third-order valence-corrected chi connectivity index (χ3v) is 4.14. The smallest absolute Gasteiger partial charge is 0.278 e. The lowest BCUT2D eigenvalue weighted by Gasteiger charge is -2.36. The van der Waals surface area contributed by atoms with Crippen LogP contribution in [0.1, 0.15) is 20.8 Å². The predicted octanol–water partition coefficient (Wildman–Crippen LogP) is 0.306. The first-order chi connectivity index (χ1) is 11.8. The van der Waals surface area contributed by atoms with E-state index in [2.05, 4.69) is 5.32 Å². The van der Waals surface area contributed by atoms with Crippen molar-refractivity contribution in [2.45, 2.75) is 26.3 Å². The fraction of sp³-hybridized carbons (Fsp3) is 0.556. The molecule has 2 N–H and O–H groups in total. The summed E-state index contributed by atoms with van der Waals surface area (Å²) in [6, 6.07) is 5.55. The van der Waals surface area contributed by atoms with Gasteiger partial charge < -0.3 is 19.9 Å². The minimum absolute atomic E-state index is 0.0382. The molecule has 138 valence electrons. The molecule has 1 saturated heterocycles. The SMILES string of the molecule is CC(C)(C)N(CC(=O)Nc1ccc(F)cc1)C(=O)C[NH+]1CCOCC1. The molecule has 0 aliphatic carbocycles. The summed E-state index contributed by atoms with van der Waals surface area (Å²) >= 11 is 0. The van der Waals surface area contributed by atoms with Gasteiger partial charge in [0.1, 0.15) is 25.5 Å². The Kier molecular flexibility index (Phi) is 6.50. The number of hydrogen-bond acceptors (Lipinski definition) is 3. The molecule has 6 nitrogen and oxygen atoms in total. The van der Waals surface area contributed by atoms with E-state index in [1.54, 1.807) is 4.90 Å². The topological polar surface area (TPSA) is 63.1 Å². The monoisotopic (exact) mass is 352 g/mol. The van der Waals surface area contributed by atoms with Gasteiger partial charge in [0.25, 0.3) is 5.91 Å². The molecule has 1 fully saturated rings. The number of nitrogens with one attached hydrogen (secondary N) is 2. The molecule has 1 aromatic carbocycles. The highest BCUT2D eigenvalue weighted by Crippen LogP contribution is 2.14. The maximum Gasteiger partial charge on any atom is 0.278 e. The number of hydrogen-bond donors (Lipinski definition) is 2. The maximum absolute atomic E-state index is 12.9. The van der Waals surface area contributed by atoms with E-state index in [0.717, 1.165) is 13.1 Å². The van der Waals surface area contributed by atoms with E-state index in [0.29, 0.717) is 25.4 Å². The minimum atomic E-state index is -0.469. The van der Waals surface area contributed by atoms with Crippen LogP contribution in [0.3, 0.4) is 0 Å². The number of carbonyl (C=O) groups is 2. The first-order valence-electron chi connectivity index (χ1n) is 8.53. The van der Waals surface area contributed by atoms with Crippen molar-refractivity contribution in [2.24, 2.45) is 0 Å². The quantitative estimate of drug-likeness (QED) is 0.802. The van der Waals surface area contributed by atoms with E-state index in [1.165, 1.54) is 29.2 Å². The van der Waals surface area contributed by atoms with Crippen LogP contribution in [0.25, 0.3) is 0 Å². The Morgan fingerprint density at radius 2 is 1.80 bits per heavy atom. The van der Waals surface area contributed by atoms with Gasteiger partial charge in [0, 0.05) is 11.2 Å². The molecule has 2 rings (SSSR count).